The van der Waals surface area contributed by atoms with Crippen molar-refractivity contribution in [1.29, 1.82) is 0 Å². The zero-order valence-corrected chi connectivity index (χ0v) is 18.2. The van der Waals surface area contributed by atoms with E-state index in [0.717, 1.165) is 42.2 Å². The van der Waals surface area contributed by atoms with E-state index in [1.54, 1.807) is 0 Å². The molecule has 2 heterocycles. The first-order valence-electron chi connectivity index (χ1n) is 10.9. The Kier molecular flexibility index (Phi) is 6.67. The molecule has 1 aliphatic heterocycles. The molecule has 31 heavy (non-hydrogen) atoms. The Morgan fingerprint density at radius 1 is 1.06 bits per heavy atom. The number of aromatic nitrogens is 1. The summed E-state index contributed by atoms with van der Waals surface area (Å²) in [6, 6.07) is 19.5. The molecule has 0 aliphatic carbocycles. The topological polar surface area (TPSA) is 58.8 Å². The van der Waals surface area contributed by atoms with Gasteiger partial charge in [0.25, 0.3) is 5.91 Å². The summed E-state index contributed by atoms with van der Waals surface area (Å²) in [4.78, 5) is 17.5. The third-order valence-corrected chi connectivity index (χ3v) is 5.85. The highest BCUT2D eigenvalue weighted by Gasteiger charge is 2.29. The minimum Gasteiger partial charge on any atom is -0.378 e. The van der Waals surface area contributed by atoms with Crippen molar-refractivity contribution in [2.75, 3.05) is 31.2 Å². The first kappa shape index (κ1) is 21.1. The van der Waals surface area contributed by atoms with Gasteiger partial charge >= 0.3 is 0 Å². The van der Waals surface area contributed by atoms with Crippen molar-refractivity contribution < 1.29 is 14.1 Å². The standard InChI is InChI=1S/C25H29N3O3/c1-3-19(2)28(24(29)21-12-8-5-9-13-21)18-22-23(20-10-6-4-7-11-20)26-31-25(22)27-14-16-30-17-15-27/h4-13,19H,3,14-18H2,1-2H3/t19-/m1/s1. The number of hydrogen-bond acceptors (Lipinski definition) is 5. The molecule has 6 nitrogen and oxygen atoms in total. The van der Waals surface area contributed by atoms with E-state index in [1.807, 2.05) is 65.6 Å². The second kappa shape index (κ2) is 9.79. The third-order valence-electron chi connectivity index (χ3n) is 5.85. The fraction of sp³-hybridized carbons (Fsp3) is 0.360. The predicted molar refractivity (Wildman–Crippen MR) is 121 cm³/mol. The smallest absolute Gasteiger partial charge is 0.254 e. The maximum Gasteiger partial charge on any atom is 0.254 e. The third kappa shape index (κ3) is 4.64. The maximum atomic E-state index is 13.4. The van der Waals surface area contributed by atoms with Gasteiger partial charge in [-0.3, -0.25) is 4.79 Å². The zero-order valence-electron chi connectivity index (χ0n) is 18.2. The van der Waals surface area contributed by atoms with E-state index in [9.17, 15) is 4.79 Å². The second-order valence-electron chi connectivity index (χ2n) is 7.84. The van der Waals surface area contributed by atoms with E-state index in [4.69, 9.17) is 9.26 Å². The van der Waals surface area contributed by atoms with Crippen LogP contribution in [0.25, 0.3) is 11.3 Å². The number of amides is 1. The molecule has 4 rings (SSSR count). The number of morpholine rings is 1. The van der Waals surface area contributed by atoms with Gasteiger partial charge in [0.05, 0.1) is 25.3 Å². The summed E-state index contributed by atoms with van der Waals surface area (Å²) in [5, 5.41) is 4.44. The van der Waals surface area contributed by atoms with E-state index < -0.39 is 0 Å². The van der Waals surface area contributed by atoms with Gasteiger partial charge < -0.3 is 19.1 Å². The minimum atomic E-state index is 0.0167. The average molecular weight is 420 g/mol. The van der Waals surface area contributed by atoms with Crippen molar-refractivity contribution in [3.8, 4) is 11.3 Å². The van der Waals surface area contributed by atoms with Gasteiger partial charge in [0.2, 0.25) is 5.88 Å². The molecule has 162 valence electrons. The monoisotopic (exact) mass is 419 g/mol. The van der Waals surface area contributed by atoms with E-state index in [1.165, 1.54) is 0 Å². The number of carbonyl (C=O) groups is 1. The number of carbonyl (C=O) groups excluding carboxylic acids is 1. The number of ether oxygens (including phenoxy) is 1. The molecule has 6 heteroatoms. The van der Waals surface area contributed by atoms with Crippen LogP contribution in [0, 0.1) is 0 Å². The molecule has 3 aromatic rings. The summed E-state index contributed by atoms with van der Waals surface area (Å²) >= 11 is 0. The molecule has 0 radical (unpaired) electrons. The molecule has 1 atom stereocenters. The Labute approximate surface area is 183 Å². The van der Waals surface area contributed by atoms with Crippen molar-refractivity contribution in [2.24, 2.45) is 0 Å². The average Bonchev–Trinajstić information content (AvgIpc) is 3.27. The van der Waals surface area contributed by atoms with Gasteiger partial charge in [-0.25, -0.2) is 0 Å². The normalized spacial score (nSPS) is 15.0. The van der Waals surface area contributed by atoms with Gasteiger partial charge in [0, 0.05) is 30.3 Å². The van der Waals surface area contributed by atoms with E-state index in [0.29, 0.717) is 25.3 Å². The van der Waals surface area contributed by atoms with Crippen LogP contribution in [0.2, 0.25) is 0 Å². The largest absolute Gasteiger partial charge is 0.378 e. The Hall–Kier alpha value is -3.12. The Morgan fingerprint density at radius 2 is 1.71 bits per heavy atom. The van der Waals surface area contributed by atoms with Crippen LogP contribution in [0.3, 0.4) is 0 Å². The molecule has 0 saturated carbocycles. The van der Waals surface area contributed by atoms with Gasteiger partial charge in [-0.2, -0.15) is 0 Å². The molecule has 1 fully saturated rings. The van der Waals surface area contributed by atoms with Crippen molar-refractivity contribution in [1.82, 2.24) is 10.1 Å². The lowest BCUT2D eigenvalue weighted by Crippen LogP contribution is -2.39. The van der Waals surface area contributed by atoms with Crippen LogP contribution in [0.4, 0.5) is 5.88 Å². The van der Waals surface area contributed by atoms with E-state index in [2.05, 4.69) is 23.9 Å². The van der Waals surface area contributed by atoms with Crippen LogP contribution >= 0.6 is 0 Å². The van der Waals surface area contributed by atoms with E-state index in [-0.39, 0.29) is 11.9 Å². The van der Waals surface area contributed by atoms with Crippen LogP contribution in [0.5, 0.6) is 0 Å². The first-order valence-corrected chi connectivity index (χ1v) is 10.9. The minimum absolute atomic E-state index is 0.0167. The van der Waals surface area contributed by atoms with Crippen LogP contribution in [0.15, 0.2) is 65.2 Å². The highest BCUT2D eigenvalue weighted by Crippen LogP contribution is 2.33. The lowest BCUT2D eigenvalue weighted by molar-refractivity contribution is 0.0671. The fourth-order valence-electron chi connectivity index (χ4n) is 3.85. The summed E-state index contributed by atoms with van der Waals surface area (Å²) in [6.45, 7) is 7.41. The van der Waals surface area contributed by atoms with Crippen molar-refractivity contribution in [3.05, 3.63) is 71.8 Å². The number of nitrogens with zero attached hydrogens (tertiary/aromatic N) is 3. The number of rotatable bonds is 7. The second-order valence-corrected chi connectivity index (χ2v) is 7.84. The summed E-state index contributed by atoms with van der Waals surface area (Å²) in [5.74, 6) is 0.749. The van der Waals surface area contributed by atoms with Gasteiger partial charge in [0.1, 0.15) is 5.69 Å². The quantitative estimate of drug-likeness (QED) is 0.559. The SMILES string of the molecule is CC[C@@H](C)N(Cc1c(-c2ccccc2)noc1N1CCOCC1)C(=O)c1ccccc1. The summed E-state index contributed by atoms with van der Waals surface area (Å²) in [5.41, 5.74) is 3.40. The van der Waals surface area contributed by atoms with Crippen LogP contribution in [-0.2, 0) is 11.3 Å². The fourth-order valence-corrected chi connectivity index (χ4v) is 3.85. The van der Waals surface area contributed by atoms with Crippen molar-refractivity contribution >= 4 is 11.8 Å². The maximum absolute atomic E-state index is 13.4. The van der Waals surface area contributed by atoms with Crippen LogP contribution in [0.1, 0.15) is 36.2 Å². The molecule has 1 saturated heterocycles. The van der Waals surface area contributed by atoms with Gasteiger partial charge in [-0.15, -0.1) is 0 Å². The molecule has 1 aliphatic rings. The lowest BCUT2D eigenvalue weighted by Gasteiger charge is -2.31. The number of anilines is 1. The summed E-state index contributed by atoms with van der Waals surface area (Å²) < 4.78 is 11.4. The molecule has 1 aromatic heterocycles. The predicted octanol–water partition coefficient (Wildman–Crippen LogP) is 4.62. The number of benzene rings is 2. The van der Waals surface area contributed by atoms with E-state index >= 15 is 0 Å². The highest BCUT2D eigenvalue weighted by molar-refractivity contribution is 5.94. The molecular weight excluding hydrogens is 390 g/mol. The Bertz CT molecular complexity index is 982. The van der Waals surface area contributed by atoms with Crippen LogP contribution < -0.4 is 4.90 Å². The van der Waals surface area contributed by atoms with Gasteiger partial charge in [-0.1, -0.05) is 60.6 Å². The molecule has 2 aromatic carbocycles. The van der Waals surface area contributed by atoms with Gasteiger partial charge in [0.15, 0.2) is 0 Å². The Balaban J connectivity index is 1.74. The molecule has 0 unspecified atom stereocenters. The molecule has 0 N–H and O–H groups in total. The summed E-state index contributed by atoms with van der Waals surface area (Å²) in [7, 11) is 0. The molecule has 0 bridgehead atoms. The molecule has 0 spiro atoms. The zero-order chi connectivity index (χ0) is 21.6. The van der Waals surface area contributed by atoms with Gasteiger partial charge in [-0.05, 0) is 25.5 Å². The van der Waals surface area contributed by atoms with Crippen molar-refractivity contribution in [2.45, 2.75) is 32.9 Å². The first-order chi connectivity index (χ1) is 15.2. The highest BCUT2D eigenvalue weighted by atomic mass is 16.5. The molecule has 1 amide bonds. The summed E-state index contributed by atoms with van der Waals surface area (Å²) in [6.07, 6.45) is 0.859. The van der Waals surface area contributed by atoms with Crippen molar-refractivity contribution in [3.63, 3.8) is 0 Å². The Morgan fingerprint density at radius 3 is 2.35 bits per heavy atom. The number of hydrogen-bond donors (Lipinski definition) is 0. The molecular formula is C25H29N3O3. The van der Waals surface area contributed by atoms with Crippen LogP contribution in [-0.4, -0.2) is 48.3 Å². The lowest BCUT2D eigenvalue weighted by atomic mass is 10.0.